The van der Waals surface area contributed by atoms with Gasteiger partial charge in [-0.1, -0.05) is 45.9 Å². The Labute approximate surface area is 548 Å². The summed E-state index contributed by atoms with van der Waals surface area (Å²) in [5.41, 5.74) is 4.48. The molecule has 10 atom stereocenters. The van der Waals surface area contributed by atoms with Crippen LogP contribution in [-0.4, -0.2) is 194 Å². The van der Waals surface area contributed by atoms with Gasteiger partial charge >= 0.3 is 17.7 Å². The molecule has 7 heterocycles. The van der Waals surface area contributed by atoms with Crippen LogP contribution in [0.15, 0.2) is 76.9 Å². The van der Waals surface area contributed by atoms with Crippen LogP contribution in [0.1, 0.15) is 117 Å². The number of phenols is 3. The van der Waals surface area contributed by atoms with Crippen molar-refractivity contribution in [3.8, 4) is 28.7 Å². The Hall–Kier alpha value is -9.22. The van der Waals surface area contributed by atoms with E-state index in [4.69, 9.17) is 29.4 Å². The van der Waals surface area contributed by atoms with Crippen LogP contribution in [0.4, 0.5) is 15.8 Å². The van der Waals surface area contributed by atoms with Gasteiger partial charge in [0.1, 0.15) is 40.3 Å². The van der Waals surface area contributed by atoms with Gasteiger partial charge in [0.05, 0.1) is 77.2 Å². The number of nitrogens with zero attached hydrogens (tertiary/aromatic N) is 7. The molecule has 1 aliphatic carbocycles. The molecule has 95 heavy (non-hydrogen) atoms. The summed E-state index contributed by atoms with van der Waals surface area (Å²) >= 11 is 0. The number of carbonyl (C=O) groups excluding carboxylic acids is 4. The van der Waals surface area contributed by atoms with Gasteiger partial charge in [0.15, 0.2) is 17.3 Å². The number of amides is 2. The molecular formula is C67H85FN10O17. The number of halogens is 1. The minimum absolute atomic E-state index is 0.0445. The first-order chi connectivity index (χ1) is 45.0. The highest BCUT2D eigenvalue weighted by molar-refractivity contribution is 6.24. The molecule has 10 N–H and O–H groups in total. The molecule has 5 aliphatic heterocycles. The molecule has 5 bridgehead atoms. The first-order valence-electron chi connectivity index (χ1n) is 31.2. The number of piperazine rings is 2. The number of pyridine rings is 1. The van der Waals surface area contributed by atoms with Crippen molar-refractivity contribution in [2.45, 2.75) is 117 Å². The highest BCUT2D eigenvalue weighted by Crippen LogP contribution is 2.55. The van der Waals surface area contributed by atoms with Crippen molar-refractivity contribution in [3.63, 3.8) is 0 Å². The predicted molar refractivity (Wildman–Crippen MR) is 351 cm³/mol. The van der Waals surface area contributed by atoms with Gasteiger partial charge in [0.25, 0.3) is 17.6 Å². The Balaban J connectivity index is 0.000000260. The number of carboxylic acids is 1. The van der Waals surface area contributed by atoms with Crippen molar-refractivity contribution in [1.82, 2.24) is 29.8 Å². The summed E-state index contributed by atoms with van der Waals surface area (Å²) in [5, 5.41) is 79.6. The van der Waals surface area contributed by atoms with Gasteiger partial charge in [-0.2, -0.15) is 5.10 Å². The van der Waals surface area contributed by atoms with Gasteiger partial charge in [-0.15, -0.1) is 0 Å². The number of aromatic nitrogens is 3. The third-order valence-corrected chi connectivity index (χ3v) is 17.9. The van der Waals surface area contributed by atoms with Crippen molar-refractivity contribution >= 4 is 68.8 Å². The lowest BCUT2D eigenvalue weighted by molar-refractivity contribution is -0.160. The van der Waals surface area contributed by atoms with E-state index in [2.05, 4.69) is 30.6 Å². The second-order valence-electron chi connectivity index (χ2n) is 24.8. The van der Waals surface area contributed by atoms with Crippen LogP contribution in [-0.2, 0) is 23.8 Å². The minimum atomic E-state index is -2.04. The van der Waals surface area contributed by atoms with Crippen LogP contribution in [0.25, 0.3) is 21.7 Å². The molecule has 28 heteroatoms. The van der Waals surface area contributed by atoms with Crippen LogP contribution < -0.4 is 36.2 Å². The van der Waals surface area contributed by atoms with Crippen molar-refractivity contribution in [2.24, 2.45) is 34.5 Å². The van der Waals surface area contributed by atoms with Crippen LogP contribution in [0, 0.1) is 36.4 Å². The zero-order chi connectivity index (χ0) is 69.7. The molecule has 11 rings (SSSR count). The number of Topliss-reactive ketones (excluding diaryl/α,β-unsaturated/α-hetero) is 1. The molecule has 0 radical (unpaired) electrons. The van der Waals surface area contributed by atoms with Crippen LogP contribution in [0.3, 0.4) is 0 Å². The first-order valence-corrected chi connectivity index (χ1v) is 31.2. The zero-order valence-electron chi connectivity index (χ0n) is 55.2. The Kier molecular flexibility index (Phi) is 22.6. The average Bonchev–Trinajstić information content (AvgIpc) is 1.70. The number of nitrogens with one attached hydrogen (secondary N) is 2. The Morgan fingerprint density at radius 3 is 2.20 bits per heavy atom. The number of hydrazone groups is 1. The number of likely N-dealkylation sites (N-methyl/N-ethyl adjacent to an activating group) is 1. The van der Waals surface area contributed by atoms with E-state index in [9.17, 15) is 59.4 Å². The van der Waals surface area contributed by atoms with E-state index >= 15 is 4.39 Å². The fraction of sp³-hybridized carbons (Fsp3) is 0.478. The Bertz CT molecular complexity index is 3920. The number of ketones is 1. The smallest absolute Gasteiger partial charge is 0.341 e. The Morgan fingerprint density at radius 1 is 0.916 bits per heavy atom. The number of nitrogens with two attached hydrogens (primary N) is 1. The number of ether oxygens (including phenoxy) is 5. The van der Waals surface area contributed by atoms with Gasteiger partial charge in [-0.3, -0.25) is 34.0 Å². The third-order valence-electron chi connectivity index (χ3n) is 17.9. The number of hydrogen-bond donors (Lipinski definition) is 9. The van der Waals surface area contributed by atoms with Crippen molar-refractivity contribution in [2.75, 3.05) is 77.3 Å². The number of phenolic OH excluding ortho intramolecular Hbond substituents is 3. The molecule has 2 saturated heterocycles. The number of benzene rings is 3. The van der Waals surface area contributed by atoms with E-state index in [0.29, 0.717) is 43.1 Å². The standard InChI is InChI=1S/C43H58N4O12.C19H22FN3O4.C5H5N3O/c1-21-12-11-13-22(2)42(55)45-33-28(20-44-47-17-15-46(9)16-18-47)37(52)30-31(38(33)53)36(51)26(6)40-32(30)41(54)43(8,59-40)57-19-14-29(56-10)23(3)39(58-27(7)48)25(5)35(50)24(4)34(21)49;1-10-8-22(6-5-21-10)16-14(20)7-12-15(18(16)27-2)23(11-3-4-11)9-13(17(12)24)19(25)26;6-5(9)4-3-7-1-2-8-4/h11-14,19-21,23-25,29,34-35,39,49-53H,15-18H2,1-10H3,(H,45,55);7,9-11,21H,3-6,8H2,1-2H3,(H,25,26);1-3H,(H2,6,9)/b12-11+,19-14+,22-13-,44-20-;;/t21-,23+,24+,25+,29-,34-,35+,39+,43-;;/m0../s1. The van der Waals surface area contributed by atoms with Crippen LogP contribution in [0.2, 0.25) is 0 Å². The number of aliphatic hydroxyl groups is 2. The summed E-state index contributed by atoms with van der Waals surface area (Å²) in [7, 11) is 4.88. The van der Waals surface area contributed by atoms with E-state index in [1.54, 1.807) is 49.4 Å². The molecule has 1 saturated carbocycles. The van der Waals surface area contributed by atoms with E-state index in [1.165, 1.54) is 91.3 Å². The molecule has 3 aromatic carbocycles. The molecule has 2 amide bonds. The molecule has 512 valence electrons. The maximum atomic E-state index is 15.1. The van der Waals surface area contributed by atoms with Crippen LogP contribution >= 0.6 is 0 Å². The second kappa shape index (κ2) is 30.0. The lowest BCUT2D eigenvalue weighted by Gasteiger charge is -2.38. The number of allylic oxidation sites excluding steroid dienone is 2. The van der Waals surface area contributed by atoms with E-state index in [0.717, 1.165) is 38.5 Å². The summed E-state index contributed by atoms with van der Waals surface area (Å²) in [4.78, 5) is 86.3. The number of aromatic hydroxyl groups is 3. The number of aromatic carboxylic acids is 1. The number of primary amides is 1. The summed E-state index contributed by atoms with van der Waals surface area (Å²) in [6, 6.07) is 1.45. The number of rotatable bonds is 9. The van der Waals surface area contributed by atoms with Crippen LogP contribution in [0.5, 0.6) is 28.7 Å². The molecule has 1 unspecified atom stereocenters. The summed E-state index contributed by atoms with van der Waals surface area (Å²) in [5.74, 6) is -10.5. The number of aliphatic hydroxyl groups excluding tert-OH is 2. The number of methoxy groups -OCH3 is 2. The lowest BCUT2D eigenvalue weighted by atomic mass is 9.78. The SMILES string of the molecule is CO[C@H]1/C=C/O[C@@]2(C)Oc3c(C)c(O)c4c(O)c(c(/C=N\N5CCN(C)CC5)c(O)c4c3C2=O)NC(=O)/C(C)=C\C=C\[C@H](C)[C@H](O)[C@@H](C)[C@@H](O)[C@@H](C)[C@H](OC(C)=O)[C@@H]1C.COc1c(N2CCNC(C)C2)c(F)cc2c(=O)c(C(=O)O)cn(C3CC3)c12.NC(=O)c1cnccn1. The molecule has 3 fully saturated rings. The maximum absolute atomic E-state index is 15.1. The van der Waals surface area contributed by atoms with Gasteiger partial charge < -0.3 is 85.1 Å². The first kappa shape index (κ1) is 71.6. The van der Waals surface area contributed by atoms with E-state index in [1.807, 2.05) is 18.9 Å². The summed E-state index contributed by atoms with van der Waals surface area (Å²) < 4.78 is 46.1. The van der Waals surface area contributed by atoms with Gasteiger partial charge in [0, 0.05) is 138 Å². The van der Waals surface area contributed by atoms with Crippen molar-refractivity contribution < 1.29 is 82.7 Å². The molecule has 6 aliphatic rings. The highest BCUT2D eigenvalue weighted by atomic mass is 19.1. The number of carbonyl (C=O) groups is 5. The normalized spacial score (nSPS) is 26.5. The van der Waals surface area contributed by atoms with Gasteiger partial charge in [0.2, 0.25) is 5.43 Å². The maximum Gasteiger partial charge on any atom is 0.341 e. The molecule has 2 aromatic heterocycles. The molecule has 5 aromatic rings. The topological polar surface area (TPSA) is 373 Å². The number of anilines is 2. The zero-order valence-corrected chi connectivity index (χ0v) is 55.2. The summed E-state index contributed by atoms with van der Waals surface area (Å²) in [6.07, 6.45) is 12.2. The molecular weight excluding hydrogens is 1240 g/mol. The quantitative estimate of drug-likeness (QED) is 0.0359. The second-order valence-corrected chi connectivity index (χ2v) is 24.8. The summed E-state index contributed by atoms with van der Waals surface area (Å²) in [6.45, 7) is 19.1. The predicted octanol–water partition coefficient (Wildman–Crippen LogP) is 5.89. The monoisotopic (exact) mass is 1320 g/mol. The van der Waals surface area contributed by atoms with Crippen molar-refractivity contribution in [1.29, 1.82) is 0 Å². The average molecular weight is 1320 g/mol. The van der Waals surface area contributed by atoms with Crippen molar-refractivity contribution in [3.05, 3.63) is 111 Å². The van der Waals surface area contributed by atoms with Gasteiger partial charge in [-0.05, 0) is 52.8 Å². The largest absolute Gasteiger partial charge is 0.507 e. The number of esters is 1. The number of hydrogen-bond acceptors (Lipinski definition) is 23. The van der Waals surface area contributed by atoms with E-state index < -0.39 is 112 Å². The fourth-order valence-corrected chi connectivity index (χ4v) is 12.2. The Morgan fingerprint density at radius 2 is 1.61 bits per heavy atom. The fourth-order valence-electron chi connectivity index (χ4n) is 12.2. The minimum Gasteiger partial charge on any atom is -0.507 e. The molecule has 27 nitrogen and oxygen atoms in total. The lowest BCUT2D eigenvalue weighted by Crippen LogP contribution is -2.49. The third kappa shape index (κ3) is 15.3. The van der Waals surface area contributed by atoms with E-state index in [-0.39, 0.29) is 73.2 Å². The van der Waals surface area contributed by atoms with Gasteiger partial charge in [-0.25, -0.2) is 14.2 Å². The number of fused-ring (bicyclic) bond motifs is 15. The highest BCUT2D eigenvalue weighted by Gasteiger charge is 2.50. The molecule has 0 spiro atoms. The number of carboxylic acid groups (broad SMARTS) is 1.